The monoisotopic (exact) mass is 169 g/mol. The highest BCUT2D eigenvalue weighted by molar-refractivity contribution is 4.92. The average molecular weight is 169 g/mol. The second-order valence-electron chi connectivity index (χ2n) is 3.85. The van der Waals surface area contributed by atoms with E-state index in [-0.39, 0.29) is 0 Å². The number of nitrogens with one attached hydrogen (secondary N) is 1. The number of rotatable bonds is 7. The third kappa shape index (κ3) is 4.55. The molecule has 0 saturated heterocycles. The van der Waals surface area contributed by atoms with Gasteiger partial charge in [0.2, 0.25) is 0 Å². The molecule has 0 saturated carbocycles. The van der Waals surface area contributed by atoms with Crippen molar-refractivity contribution >= 4 is 0 Å². The zero-order valence-electron chi connectivity index (χ0n) is 8.82. The first-order valence-electron chi connectivity index (χ1n) is 4.96. The lowest BCUT2D eigenvalue weighted by molar-refractivity contribution is 0.360. The van der Waals surface area contributed by atoms with Gasteiger partial charge in [0.1, 0.15) is 0 Å². The molecule has 1 nitrogen and oxygen atoms in total. The zero-order valence-corrected chi connectivity index (χ0v) is 8.82. The summed E-state index contributed by atoms with van der Waals surface area (Å²) in [6, 6.07) is 0. The molecular weight excluding hydrogens is 146 g/mol. The maximum absolute atomic E-state index is 3.89. The van der Waals surface area contributed by atoms with Gasteiger partial charge in [-0.2, -0.15) is 0 Å². The van der Waals surface area contributed by atoms with E-state index in [0.29, 0.717) is 5.41 Å². The third-order valence-electron chi connectivity index (χ3n) is 2.42. The molecule has 1 unspecified atom stereocenters. The molecule has 0 rings (SSSR count). The van der Waals surface area contributed by atoms with E-state index < -0.39 is 0 Å². The van der Waals surface area contributed by atoms with Crippen LogP contribution in [0.25, 0.3) is 0 Å². The van der Waals surface area contributed by atoms with Gasteiger partial charge in [-0.05, 0) is 18.9 Å². The van der Waals surface area contributed by atoms with E-state index in [0.717, 1.165) is 6.54 Å². The Labute approximate surface area is 77.2 Å². The fraction of sp³-hybridized carbons (Fsp3) is 0.818. The highest BCUT2D eigenvalue weighted by Crippen LogP contribution is 2.24. The molecule has 0 aliphatic carbocycles. The van der Waals surface area contributed by atoms with Crippen molar-refractivity contribution in [2.45, 2.75) is 39.5 Å². The van der Waals surface area contributed by atoms with Crippen molar-refractivity contribution in [1.29, 1.82) is 0 Å². The van der Waals surface area contributed by atoms with Gasteiger partial charge in [0.25, 0.3) is 0 Å². The molecule has 1 heteroatoms. The average Bonchev–Trinajstić information content (AvgIpc) is 2.06. The molecule has 0 aromatic rings. The Kier molecular flexibility index (Phi) is 6.09. The van der Waals surface area contributed by atoms with Crippen LogP contribution in [0.15, 0.2) is 12.7 Å². The van der Waals surface area contributed by atoms with Crippen molar-refractivity contribution in [1.82, 2.24) is 5.32 Å². The van der Waals surface area contributed by atoms with Gasteiger partial charge in [-0.1, -0.05) is 39.2 Å². The van der Waals surface area contributed by atoms with E-state index in [4.69, 9.17) is 0 Å². The van der Waals surface area contributed by atoms with Crippen LogP contribution in [0.5, 0.6) is 0 Å². The van der Waals surface area contributed by atoms with E-state index in [1.54, 1.807) is 0 Å². The fourth-order valence-corrected chi connectivity index (χ4v) is 1.45. The maximum atomic E-state index is 3.89. The van der Waals surface area contributed by atoms with Gasteiger partial charge in [0, 0.05) is 6.54 Å². The van der Waals surface area contributed by atoms with Gasteiger partial charge in [0.05, 0.1) is 0 Å². The molecule has 72 valence electrons. The van der Waals surface area contributed by atoms with Crippen LogP contribution < -0.4 is 5.32 Å². The molecule has 0 fully saturated rings. The lowest BCUT2D eigenvalue weighted by Gasteiger charge is -2.25. The molecule has 0 aromatic carbocycles. The zero-order chi connectivity index (χ0) is 9.45. The Morgan fingerprint density at radius 2 is 2.08 bits per heavy atom. The Morgan fingerprint density at radius 3 is 2.50 bits per heavy atom. The number of unbranched alkanes of at least 4 members (excludes halogenated alkanes) is 2. The van der Waals surface area contributed by atoms with Crippen LogP contribution in [-0.2, 0) is 0 Å². The predicted octanol–water partition coefficient (Wildman–Crippen LogP) is 2.98. The van der Waals surface area contributed by atoms with Crippen LogP contribution in [0, 0.1) is 5.41 Å². The molecule has 0 bridgehead atoms. The molecule has 12 heavy (non-hydrogen) atoms. The van der Waals surface area contributed by atoms with Crippen molar-refractivity contribution in [3.05, 3.63) is 12.7 Å². The van der Waals surface area contributed by atoms with Gasteiger partial charge in [0.15, 0.2) is 0 Å². The standard InChI is InChI=1S/C11H23N/c1-5-7-8-9-11(3,6-2)10-12-4/h6,12H,2,5,7-10H2,1,3-4H3. The van der Waals surface area contributed by atoms with Gasteiger partial charge in [-0.15, -0.1) is 6.58 Å². The first-order chi connectivity index (χ1) is 5.68. The fourth-order valence-electron chi connectivity index (χ4n) is 1.45. The van der Waals surface area contributed by atoms with Crippen molar-refractivity contribution in [2.24, 2.45) is 5.41 Å². The largest absolute Gasteiger partial charge is 0.319 e. The lowest BCUT2D eigenvalue weighted by Crippen LogP contribution is -2.27. The van der Waals surface area contributed by atoms with Crippen molar-refractivity contribution < 1.29 is 0 Å². The molecule has 0 aliphatic rings. The molecule has 0 amide bonds. The first kappa shape index (κ1) is 11.7. The summed E-state index contributed by atoms with van der Waals surface area (Å²) in [5.74, 6) is 0. The molecule has 1 N–H and O–H groups in total. The molecule has 0 spiro atoms. The van der Waals surface area contributed by atoms with Gasteiger partial charge in [-0.25, -0.2) is 0 Å². The molecular formula is C11H23N. The summed E-state index contributed by atoms with van der Waals surface area (Å²) in [6.07, 6.45) is 7.30. The Bertz CT molecular complexity index is 120. The highest BCUT2D eigenvalue weighted by atomic mass is 14.8. The second kappa shape index (κ2) is 6.24. The molecule has 1 atom stereocenters. The highest BCUT2D eigenvalue weighted by Gasteiger charge is 2.17. The Hall–Kier alpha value is -0.300. The quantitative estimate of drug-likeness (QED) is 0.456. The van der Waals surface area contributed by atoms with Crippen LogP contribution in [0.1, 0.15) is 39.5 Å². The Morgan fingerprint density at radius 1 is 1.42 bits per heavy atom. The van der Waals surface area contributed by atoms with E-state index in [9.17, 15) is 0 Å². The molecule has 0 heterocycles. The minimum absolute atomic E-state index is 0.296. The Balaban J connectivity index is 3.71. The van der Waals surface area contributed by atoms with Crippen molar-refractivity contribution in [3.8, 4) is 0 Å². The summed E-state index contributed by atoms with van der Waals surface area (Å²) < 4.78 is 0. The van der Waals surface area contributed by atoms with Crippen LogP contribution in [-0.4, -0.2) is 13.6 Å². The number of hydrogen-bond acceptors (Lipinski definition) is 1. The van der Waals surface area contributed by atoms with E-state index >= 15 is 0 Å². The summed E-state index contributed by atoms with van der Waals surface area (Å²) >= 11 is 0. The summed E-state index contributed by atoms with van der Waals surface area (Å²) in [7, 11) is 2.00. The van der Waals surface area contributed by atoms with Crippen molar-refractivity contribution in [2.75, 3.05) is 13.6 Å². The molecule has 0 aromatic heterocycles. The maximum Gasteiger partial charge on any atom is 0.00367 e. The molecule has 0 radical (unpaired) electrons. The minimum Gasteiger partial charge on any atom is -0.319 e. The first-order valence-corrected chi connectivity index (χ1v) is 4.96. The van der Waals surface area contributed by atoms with Crippen LogP contribution in [0.4, 0.5) is 0 Å². The summed E-state index contributed by atoms with van der Waals surface area (Å²) in [5.41, 5.74) is 0.296. The summed E-state index contributed by atoms with van der Waals surface area (Å²) in [4.78, 5) is 0. The van der Waals surface area contributed by atoms with Crippen molar-refractivity contribution in [3.63, 3.8) is 0 Å². The lowest BCUT2D eigenvalue weighted by atomic mass is 9.85. The van der Waals surface area contributed by atoms with E-state index in [1.165, 1.54) is 25.7 Å². The normalized spacial score (nSPS) is 15.6. The topological polar surface area (TPSA) is 12.0 Å². The van der Waals surface area contributed by atoms with Crippen LogP contribution in [0.2, 0.25) is 0 Å². The van der Waals surface area contributed by atoms with E-state index in [2.05, 4.69) is 31.8 Å². The second-order valence-corrected chi connectivity index (χ2v) is 3.85. The van der Waals surface area contributed by atoms with Gasteiger partial charge in [-0.3, -0.25) is 0 Å². The number of hydrogen-bond donors (Lipinski definition) is 1. The molecule has 0 aliphatic heterocycles. The van der Waals surface area contributed by atoms with Crippen LogP contribution in [0.3, 0.4) is 0 Å². The minimum atomic E-state index is 0.296. The smallest absolute Gasteiger partial charge is 0.00367 e. The third-order valence-corrected chi connectivity index (χ3v) is 2.42. The summed E-state index contributed by atoms with van der Waals surface area (Å²) in [6.45, 7) is 9.44. The SMILES string of the molecule is C=CC(C)(CCCCC)CNC. The predicted molar refractivity (Wildman–Crippen MR) is 56.4 cm³/mol. The van der Waals surface area contributed by atoms with Crippen LogP contribution >= 0.6 is 0 Å². The van der Waals surface area contributed by atoms with E-state index in [1.807, 2.05) is 7.05 Å². The summed E-state index contributed by atoms with van der Waals surface area (Å²) in [5, 5.41) is 3.21. The van der Waals surface area contributed by atoms with Gasteiger partial charge >= 0.3 is 0 Å². The van der Waals surface area contributed by atoms with Gasteiger partial charge < -0.3 is 5.32 Å².